The third-order valence-corrected chi connectivity index (χ3v) is 5.58. The van der Waals surface area contributed by atoms with Crippen molar-refractivity contribution in [2.24, 2.45) is 11.1 Å². The van der Waals surface area contributed by atoms with Gasteiger partial charge in [0, 0.05) is 44.0 Å². The first kappa shape index (κ1) is 22.6. The van der Waals surface area contributed by atoms with Crippen LogP contribution in [-0.2, 0) is 22.5 Å². The smallest absolute Gasteiger partial charge is 0.232 e. The minimum atomic E-state index is -0.525. The number of amides is 1. The van der Waals surface area contributed by atoms with E-state index in [9.17, 15) is 4.79 Å². The van der Waals surface area contributed by atoms with E-state index < -0.39 is 5.41 Å². The lowest BCUT2D eigenvalue weighted by Gasteiger charge is -2.34. The number of aryl methyl sites for hydroxylation is 1. The van der Waals surface area contributed by atoms with Crippen molar-refractivity contribution >= 4 is 36.4 Å². The van der Waals surface area contributed by atoms with Gasteiger partial charge in [-0.05, 0) is 49.9 Å². The number of carbonyl (C=O) groups excluding carboxylic acids is 1. The Kier molecular flexibility index (Phi) is 7.83. The molecular formula is C19H27Cl2N5O2. The summed E-state index contributed by atoms with van der Waals surface area (Å²) in [5, 5.41) is 11.7. The summed E-state index contributed by atoms with van der Waals surface area (Å²) in [5.41, 5.74) is 7.18. The van der Waals surface area contributed by atoms with E-state index in [0.29, 0.717) is 32.6 Å². The highest BCUT2D eigenvalue weighted by atomic mass is 35.5. The van der Waals surface area contributed by atoms with Crippen molar-refractivity contribution in [1.82, 2.24) is 14.8 Å². The molecule has 2 aliphatic rings. The Balaban J connectivity index is 0.00000140. The average molecular weight is 428 g/mol. The van der Waals surface area contributed by atoms with Gasteiger partial charge in [0.25, 0.3) is 0 Å². The molecule has 28 heavy (non-hydrogen) atoms. The molecule has 9 heteroatoms. The molecule has 4 rings (SSSR count). The van der Waals surface area contributed by atoms with Crippen LogP contribution in [0.25, 0.3) is 11.4 Å². The average Bonchev–Trinajstić information content (AvgIpc) is 3.13. The van der Waals surface area contributed by atoms with E-state index in [1.54, 1.807) is 0 Å². The number of aromatic nitrogens is 3. The van der Waals surface area contributed by atoms with Gasteiger partial charge < -0.3 is 20.4 Å². The zero-order chi connectivity index (χ0) is 18.0. The van der Waals surface area contributed by atoms with E-state index in [-0.39, 0.29) is 30.7 Å². The molecule has 0 saturated carbocycles. The standard InChI is InChI=1S/C19H25N5O2.2ClH/c20-13-19(8-11-26-12-9-19)18(25)21-15-6-4-14(5-7-15)17-23-22-16-3-1-2-10-24(16)17;;/h4-7H,1-3,8-13,20H2,(H,21,25);2*1H. The van der Waals surface area contributed by atoms with Crippen molar-refractivity contribution in [3.8, 4) is 11.4 Å². The van der Waals surface area contributed by atoms with Crippen LogP contribution in [0, 0.1) is 5.41 Å². The monoisotopic (exact) mass is 427 g/mol. The lowest BCUT2D eigenvalue weighted by Crippen LogP contribution is -2.46. The molecule has 7 nitrogen and oxygen atoms in total. The Morgan fingerprint density at radius 2 is 1.86 bits per heavy atom. The van der Waals surface area contributed by atoms with E-state index >= 15 is 0 Å². The molecule has 0 radical (unpaired) electrons. The number of halogens is 2. The number of hydrogen-bond acceptors (Lipinski definition) is 5. The highest BCUT2D eigenvalue weighted by Gasteiger charge is 2.38. The van der Waals surface area contributed by atoms with Crippen LogP contribution in [0.3, 0.4) is 0 Å². The molecule has 1 saturated heterocycles. The molecular weight excluding hydrogens is 401 g/mol. The van der Waals surface area contributed by atoms with Gasteiger partial charge in [-0.1, -0.05) is 0 Å². The van der Waals surface area contributed by atoms with Crippen LogP contribution in [0.4, 0.5) is 5.69 Å². The predicted molar refractivity (Wildman–Crippen MR) is 113 cm³/mol. The SMILES string of the molecule is Cl.Cl.NCC1(C(=O)Nc2ccc(-c3nnc4n3CCCC4)cc2)CCOCC1. The Labute approximate surface area is 177 Å². The molecule has 0 bridgehead atoms. The molecule has 1 aromatic heterocycles. The van der Waals surface area contributed by atoms with Crippen LogP contribution >= 0.6 is 24.8 Å². The maximum Gasteiger partial charge on any atom is 0.232 e. The summed E-state index contributed by atoms with van der Waals surface area (Å²) >= 11 is 0. The number of anilines is 1. The van der Waals surface area contributed by atoms with Crippen LogP contribution in [0.1, 0.15) is 31.5 Å². The summed E-state index contributed by atoms with van der Waals surface area (Å²) in [4.78, 5) is 12.8. The van der Waals surface area contributed by atoms with Gasteiger partial charge in [-0.15, -0.1) is 35.0 Å². The van der Waals surface area contributed by atoms with Gasteiger partial charge in [-0.25, -0.2) is 0 Å². The number of ether oxygens (including phenoxy) is 1. The number of fused-ring (bicyclic) bond motifs is 1. The van der Waals surface area contributed by atoms with Crippen molar-refractivity contribution in [3.05, 3.63) is 30.1 Å². The number of carbonyl (C=O) groups is 1. The summed E-state index contributed by atoms with van der Waals surface area (Å²) in [5.74, 6) is 1.95. The molecule has 1 fully saturated rings. The van der Waals surface area contributed by atoms with Gasteiger partial charge in [0.2, 0.25) is 5.91 Å². The second-order valence-electron chi connectivity index (χ2n) is 7.18. The van der Waals surface area contributed by atoms with Crippen LogP contribution in [-0.4, -0.2) is 40.4 Å². The summed E-state index contributed by atoms with van der Waals surface area (Å²) < 4.78 is 7.58. The van der Waals surface area contributed by atoms with Crippen LogP contribution in [0.5, 0.6) is 0 Å². The lowest BCUT2D eigenvalue weighted by molar-refractivity contribution is -0.130. The van der Waals surface area contributed by atoms with Crippen LogP contribution in [0.15, 0.2) is 24.3 Å². The molecule has 154 valence electrons. The maximum absolute atomic E-state index is 12.8. The van der Waals surface area contributed by atoms with Crippen LogP contribution in [0.2, 0.25) is 0 Å². The normalized spacial score (nSPS) is 17.6. The quantitative estimate of drug-likeness (QED) is 0.781. The molecule has 3 heterocycles. The second-order valence-corrected chi connectivity index (χ2v) is 7.18. The van der Waals surface area contributed by atoms with E-state index in [1.807, 2.05) is 24.3 Å². The summed E-state index contributed by atoms with van der Waals surface area (Å²) in [6.07, 6.45) is 4.67. The maximum atomic E-state index is 12.8. The third kappa shape index (κ3) is 4.33. The summed E-state index contributed by atoms with van der Waals surface area (Å²) in [6.45, 7) is 2.48. The van der Waals surface area contributed by atoms with E-state index in [1.165, 1.54) is 6.42 Å². The zero-order valence-corrected chi connectivity index (χ0v) is 17.4. The van der Waals surface area contributed by atoms with Gasteiger partial charge >= 0.3 is 0 Å². The molecule has 0 aliphatic carbocycles. The van der Waals surface area contributed by atoms with Crippen molar-refractivity contribution in [2.45, 2.75) is 38.6 Å². The van der Waals surface area contributed by atoms with Crippen molar-refractivity contribution in [1.29, 1.82) is 0 Å². The lowest BCUT2D eigenvalue weighted by atomic mass is 9.79. The van der Waals surface area contributed by atoms with Gasteiger partial charge in [-0.2, -0.15) is 0 Å². The Morgan fingerprint density at radius 3 is 2.54 bits per heavy atom. The largest absolute Gasteiger partial charge is 0.381 e. The molecule has 2 aromatic rings. The van der Waals surface area contributed by atoms with Crippen molar-refractivity contribution in [2.75, 3.05) is 25.1 Å². The number of benzene rings is 1. The third-order valence-electron chi connectivity index (χ3n) is 5.58. The molecule has 0 atom stereocenters. The van der Waals surface area contributed by atoms with Gasteiger partial charge in [0.15, 0.2) is 5.82 Å². The van der Waals surface area contributed by atoms with E-state index in [0.717, 1.165) is 42.3 Å². The van der Waals surface area contributed by atoms with Gasteiger partial charge in [0.1, 0.15) is 5.82 Å². The first-order valence-electron chi connectivity index (χ1n) is 9.34. The molecule has 2 aliphatic heterocycles. The van der Waals surface area contributed by atoms with Gasteiger partial charge in [0.05, 0.1) is 5.41 Å². The van der Waals surface area contributed by atoms with Crippen LogP contribution < -0.4 is 11.1 Å². The molecule has 1 aromatic carbocycles. The number of nitrogens with one attached hydrogen (secondary N) is 1. The molecule has 1 amide bonds. The topological polar surface area (TPSA) is 95.1 Å². The minimum absolute atomic E-state index is 0. The minimum Gasteiger partial charge on any atom is -0.381 e. The summed E-state index contributed by atoms with van der Waals surface area (Å²) in [6, 6.07) is 7.81. The number of nitrogens with two attached hydrogens (primary N) is 1. The molecule has 0 spiro atoms. The first-order chi connectivity index (χ1) is 12.7. The Hall–Kier alpha value is -1.67. The molecule has 0 unspecified atom stereocenters. The highest BCUT2D eigenvalue weighted by molar-refractivity contribution is 5.95. The zero-order valence-electron chi connectivity index (χ0n) is 15.7. The first-order valence-corrected chi connectivity index (χ1v) is 9.34. The van der Waals surface area contributed by atoms with E-state index in [2.05, 4.69) is 20.1 Å². The fourth-order valence-corrected chi connectivity index (χ4v) is 3.77. The fraction of sp³-hybridized carbons (Fsp3) is 0.526. The molecule has 3 N–H and O–H groups in total. The predicted octanol–water partition coefficient (Wildman–Crippen LogP) is 2.82. The Bertz CT molecular complexity index is 788. The number of rotatable bonds is 4. The van der Waals surface area contributed by atoms with Crippen molar-refractivity contribution in [3.63, 3.8) is 0 Å². The number of hydrogen-bond donors (Lipinski definition) is 2. The highest BCUT2D eigenvalue weighted by Crippen LogP contribution is 2.31. The van der Waals surface area contributed by atoms with Crippen molar-refractivity contribution < 1.29 is 9.53 Å². The fourth-order valence-electron chi connectivity index (χ4n) is 3.77. The summed E-state index contributed by atoms with van der Waals surface area (Å²) in [7, 11) is 0. The van der Waals surface area contributed by atoms with Gasteiger partial charge in [-0.3, -0.25) is 4.79 Å². The number of nitrogens with zero attached hydrogens (tertiary/aromatic N) is 3. The second kappa shape index (κ2) is 9.69. The Morgan fingerprint density at radius 1 is 1.14 bits per heavy atom. The van der Waals surface area contributed by atoms with E-state index in [4.69, 9.17) is 10.5 Å².